The summed E-state index contributed by atoms with van der Waals surface area (Å²) in [6.07, 6.45) is 3.76. The lowest BCUT2D eigenvalue weighted by atomic mass is 10.1. The summed E-state index contributed by atoms with van der Waals surface area (Å²) in [6.45, 7) is 1.50. The van der Waals surface area contributed by atoms with Crippen LogP contribution in [0.4, 0.5) is 5.69 Å². The summed E-state index contributed by atoms with van der Waals surface area (Å²) in [5, 5.41) is 4.01. The van der Waals surface area contributed by atoms with E-state index < -0.39 is 5.97 Å². The summed E-state index contributed by atoms with van der Waals surface area (Å²) in [5.41, 5.74) is 0.479. The van der Waals surface area contributed by atoms with Crippen molar-refractivity contribution >= 4 is 11.7 Å². The van der Waals surface area contributed by atoms with E-state index in [1.165, 1.54) is 13.2 Å². The van der Waals surface area contributed by atoms with E-state index in [1.54, 1.807) is 13.3 Å². The van der Waals surface area contributed by atoms with Crippen molar-refractivity contribution in [2.45, 2.75) is 25.5 Å². The van der Waals surface area contributed by atoms with Crippen molar-refractivity contribution in [1.29, 1.82) is 0 Å². The number of rotatable bonds is 4. The Morgan fingerprint density at radius 3 is 2.65 bits per heavy atom. The monoisotopic (exact) mass is 281 g/mol. The molecule has 0 saturated carbocycles. The highest BCUT2D eigenvalue weighted by atomic mass is 16.5. The molecule has 1 aromatic heterocycles. The minimum absolute atomic E-state index is 0.165. The van der Waals surface area contributed by atoms with Crippen LogP contribution in [0.1, 0.15) is 12.8 Å². The van der Waals surface area contributed by atoms with Crippen molar-refractivity contribution < 1.29 is 14.3 Å². The Balaban J connectivity index is 2.06. The summed E-state index contributed by atoms with van der Waals surface area (Å²) in [4.78, 5) is 25.1. The normalized spacial score (nSPS) is 16.2. The third-order valence-electron chi connectivity index (χ3n) is 3.50. The van der Waals surface area contributed by atoms with Crippen LogP contribution < -0.4 is 10.5 Å². The fourth-order valence-corrected chi connectivity index (χ4v) is 2.25. The molecule has 1 aromatic rings. The number of piperidine rings is 1. The van der Waals surface area contributed by atoms with Crippen molar-refractivity contribution in [3.63, 3.8) is 0 Å². The van der Waals surface area contributed by atoms with E-state index in [4.69, 9.17) is 4.74 Å². The summed E-state index contributed by atoms with van der Waals surface area (Å²) in [7, 11) is 3.00. The van der Waals surface area contributed by atoms with Gasteiger partial charge in [-0.05, 0) is 12.8 Å². The van der Waals surface area contributed by atoms with E-state index in [2.05, 4.69) is 14.7 Å². The lowest BCUT2D eigenvalue weighted by Gasteiger charge is -2.32. The second-order valence-corrected chi connectivity index (χ2v) is 4.71. The van der Waals surface area contributed by atoms with E-state index in [0.29, 0.717) is 6.10 Å². The molecule has 1 fully saturated rings. The van der Waals surface area contributed by atoms with Crippen molar-refractivity contribution in [3.05, 3.63) is 22.6 Å². The average molecular weight is 281 g/mol. The lowest BCUT2D eigenvalue weighted by molar-refractivity contribution is -0.141. The number of carbonyl (C=O) groups excluding carboxylic acids is 1. The third kappa shape index (κ3) is 3.36. The van der Waals surface area contributed by atoms with Crippen LogP contribution in [0.25, 0.3) is 0 Å². The van der Waals surface area contributed by atoms with E-state index in [0.717, 1.165) is 36.3 Å². The summed E-state index contributed by atoms with van der Waals surface area (Å²) in [6, 6.07) is 1.50. The first-order valence-electron chi connectivity index (χ1n) is 6.55. The van der Waals surface area contributed by atoms with Crippen molar-refractivity contribution in [2.24, 2.45) is 0 Å². The zero-order chi connectivity index (χ0) is 14.5. The van der Waals surface area contributed by atoms with Gasteiger partial charge >= 0.3 is 5.97 Å². The number of anilines is 1. The first kappa shape index (κ1) is 14.5. The Kier molecular flexibility index (Phi) is 4.73. The van der Waals surface area contributed by atoms with Gasteiger partial charge in [-0.1, -0.05) is 0 Å². The fraction of sp³-hybridized carbons (Fsp3) is 0.615. The number of esters is 1. The number of nitrogens with zero attached hydrogens (tertiary/aromatic N) is 3. The van der Waals surface area contributed by atoms with Crippen molar-refractivity contribution in [3.8, 4) is 0 Å². The predicted octanol–water partition coefficient (Wildman–Crippen LogP) is 0.0315. The molecule has 0 amide bonds. The minimum Gasteiger partial charge on any atom is -0.468 e. The summed E-state index contributed by atoms with van der Waals surface area (Å²) in [5.74, 6) is -0.492. The molecule has 0 atom stereocenters. The zero-order valence-electron chi connectivity index (χ0n) is 11.7. The van der Waals surface area contributed by atoms with Gasteiger partial charge in [-0.3, -0.25) is 9.59 Å². The van der Waals surface area contributed by atoms with Gasteiger partial charge in [0.05, 0.1) is 25.1 Å². The highest BCUT2D eigenvalue weighted by Crippen LogP contribution is 2.18. The molecule has 0 spiro atoms. The van der Waals surface area contributed by atoms with Crippen molar-refractivity contribution in [1.82, 2.24) is 9.78 Å². The van der Waals surface area contributed by atoms with Gasteiger partial charge in [0.2, 0.25) is 0 Å². The third-order valence-corrected chi connectivity index (χ3v) is 3.50. The number of hydrogen-bond donors (Lipinski definition) is 0. The Morgan fingerprint density at radius 1 is 1.40 bits per heavy atom. The first-order valence-corrected chi connectivity index (χ1v) is 6.55. The van der Waals surface area contributed by atoms with Gasteiger partial charge in [0.25, 0.3) is 5.56 Å². The van der Waals surface area contributed by atoms with Gasteiger partial charge < -0.3 is 14.4 Å². The number of methoxy groups -OCH3 is 2. The quantitative estimate of drug-likeness (QED) is 0.725. The zero-order valence-corrected chi connectivity index (χ0v) is 11.7. The van der Waals surface area contributed by atoms with Crippen molar-refractivity contribution in [2.75, 3.05) is 32.2 Å². The standard InChI is InChI=1S/C13H19N3O4/c1-19-11-3-5-15(6-4-11)10-7-12(17)16(14-8-10)9-13(18)20-2/h7-8,11H,3-6,9H2,1-2H3. The van der Waals surface area contributed by atoms with Crippen LogP contribution in [0.5, 0.6) is 0 Å². The van der Waals surface area contributed by atoms with Crippen LogP contribution in [0.15, 0.2) is 17.1 Å². The molecule has 2 rings (SSSR count). The maximum absolute atomic E-state index is 11.9. The Bertz CT molecular complexity index is 521. The smallest absolute Gasteiger partial charge is 0.327 e. The minimum atomic E-state index is -0.492. The van der Waals surface area contributed by atoms with E-state index in [9.17, 15) is 9.59 Å². The average Bonchev–Trinajstić information content (AvgIpc) is 2.49. The summed E-state index contributed by atoms with van der Waals surface area (Å²) >= 11 is 0. The maximum atomic E-state index is 11.9. The second kappa shape index (κ2) is 6.51. The van der Waals surface area contributed by atoms with Crippen LogP contribution in [-0.4, -0.2) is 49.2 Å². The van der Waals surface area contributed by atoms with Gasteiger partial charge in [0.1, 0.15) is 6.54 Å². The van der Waals surface area contributed by atoms with Gasteiger partial charge in [0.15, 0.2) is 0 Å². The molecule has 20 heavy (non-hydrogen) atoms. The molecule has 0 N–H and O–H groups in total. The molecular formula is C13H19N3O4. The molecule has 1 aliphatic heterocycles. The van der Waals surface area contributed by atoms with E-state index in [1.807, 2.05) is 0 Å². The highest BCUT2D eigenvalue weighted by Gasteiger charge is 2.19. The largest absolute Gasteiger partial charge is 0.468 e. The lowest BCUT2D eigenvalue weighted by Crippen LogP contribution is -2.38. The predicted molar refractivity (Wildman–Crippen MR) is 72.8 cm³/mol. The molecule has 2 heterocycles. The molecule has 110 valence electrons. The molecular weight excluding hydrogens is 262 g/mol. The molecule has 0 bridgehead atoms. The van der Waals surface area contributed by atoms with Gasteiger partial charge in [-0.25, -0.2) is 4.68 Å². The molecule has 7 nitrogen and oxygen atoms in total. The molecule has 1 saturated heterocycles. The summed E-state index contributed by atoms with van der Waals surface area (Å²) < 4.78 is 10.9. The van der Waals surface area contributed by atoms with Crippen LogP contribution in [0, 0.1) is 0 Å². The maximum Gasteiger partial charge on any atom is 0.327 e. The number of aromatic nitrogens is 2. The van der Waals surface area contributed by atoms with Crippen LogP contribution >= 0.6 is 0 Å². The topological polar surface area (TPSA) is 73.7 Å². The Labute approximate surface area is 117 Å². The molecule has 0 aliphatic carbocycles. The van der Waals surface area contributed by atoms with Gasteiger partial charge in [-0.15, -0.1) is 0 Å². The van der Waals surface area contributed by atoms with Crippen LogP contribution in [-0.2, 0) is 20.8 Å². The van der Waals surface area contributed by atoms with Gasteiger partial charge in [-0.2, -0.15) is 5.10 Å². The fourth-order valence-electron chi connectivity index (χ4n) is 2.25. The molecule has 7 heteroatoms. The molecule has 1 aliphatic rings. The Hall–Kier alpha value is -1.89. The van der Waals surface area contributed by atoms with E-state index in [-0.39, 0.29) is 12.1 Å². The first-order chi connectivity index (χ1) is 9.63. The number of ether oxygens (including phenoxy) is 2. The molecule has 0 radical (unpaired) electrons. The number of carbonyl (C=O) groups is 1. The second-order valence-electron chi connectivity index (χ2n) is 4.71. The van der Waals surface area contributed by atoms with Gasteiger partial charge in [0, 0.05) is 26.3 Å². The number of hydrogen-bond acceptors (Lipinski definition) is 6. The SMILES string of the molecule is COC(=O)Cn1ncc(N2CCC(OC)CC2)cc1=O. The van der Waals surface area contributed by atoms with Crippen LogP contribution in [0.2, 0.25) is 0 Å². The molecule has 0 aromatic carbocycles. The Morgan fingerprint density at radius 2 is 2.10 bits per heavy atom. The highest BCUT2D eigenvalue weighted by molar-refractivity contribution is 5.68. The van der Waals surface area contributed by atoms with Crippen LogP contribution in [0.3, 0.4) is 0 Å². The molecule has 0 unspecified atom stereocenters. The van der Waals surface area contributed by atoms with E-state index >= 15 is 0 Å².